The first-order chi connectivity index (χ1) is 11.3. The summed E-state index contributed by atoms with van der Waals surface area (Å²) >= 11 is 0. The van der Waals surface area contributed by atoms with Crippen molar-refractivity contribution in [3.8, 4) is 0 Å². The second-order valence-electron chi connectivity index (χ2n) is 6.36. The van der Waals surface area contributed by atoms with Crippen LogP contribution in [0.15, 0.2) is 77.4 Å². The highest BCUT2D eigenvalue weighted by atomic mass is 14.7. The molecule has 1 nitrogen and oxygen atoms in total. The molecule has 0 aliphatic heterocycles. The minimum atomic E-state index is 1.00. The molecule has 0 fully saturated rings. The predicted octanol–water partition coefficient (Wildman–Crippen LogP) is 7.15. The van der Waals surface area contributed by atoms with E-state index < -0.39 is 0 Å². The highest BCUT2D eigenvalue weighted by Gasteiger charge is 2.03. The van der Waals surface area contributed by atoms with Crippen LogP contribution in [0.5, 0.6) is 0 Å². The van der Waals surface area contributed by atoms with E-state index in [1.807, 2.05) is 13.0 Å². The van der Waals surface area contributed by atoms with Crippen molar-refractivity contribution >= 4 is 17.0 Å². The van der Waals surface area contributed by atoms with Gasteiger partial charge in [0.15, 0.2) is 0 Å². The van der Waals surface area contributed by atoms with Crippen LogP contribution in [-0.2, 0) is 0 Å². The molecule has 1 rings (SSSR count). The van der Waals surface area contributed by atoms with Crippen LogP contribution in [0.4, 0.5) is 5.69 Å². The summed E-state index contributed by atoms with van der Waals surface area (Å²) in [6.07, 6.45) is 8.00. The topological polar surface area (TPSA) is 12.4 Å². The quantitative estimate of drug-likeness (QED) is 0.390. The lowest BCUT2D eigenvalue weighted by Crippen LogP contribution is -1.95. The van der Waals surface area contributed by atoms with E-state index in [0.717, 1.165) is 28.1 Å². The van der Waals surface area contributed by atoms with Gasteiger partial charge in [-0.15, -0.1) is 0 Å². The van der Waals surface area contributed by atoms with Crippen molar-refractivity contribution in [1.29, 1.82) is 0 Å². The van der Waals surface area contributed by atoms with Crippen molar-refractivity contribution in [2.75, 3.05) is 0 Å². The molecule has 0 N–H and O–H groups in total. The molecule has 0 aliphatic rings. The van der Waals surface area contributed by atoms with Crippen LogP contribution in [-0.4, -0.2) is 5.71 Å². The number of benzene rings is 1. The minimum Gasteiger partial charge on any atom is -0.253 e. The van der Waals surface area contributed by atoms with Gasteiger partial charge in [-0.3, -0.25) is 4.99 Å². The van der Waals surface area contributed by atoms with Crippen molar-refractivity contribution in [2.24, 2.45) is 4.99 Å². The second kappa shape index (κ2) is 9.02. The van der Waals surface area contributed by atoms with Gasteiger partial charge in [-0.1, -0.05) is 60.7 Å². The number of aliphatic imine (C=N–C) groups is 1. The SMILES string of the molecule is C=C/C=C\C(/C=C(\C)C(C)=Nc1cc(C(=C)C)ccc1C)=C(C)C. The van der Waals surface area contributed by atoms with Gasteiger partial charge in [-0.05, 0) is 69.9 Å². The monoisotopic (exact) mass is 319 g/mol. The predicted molar refractivity (Wildman–Crippen MR) is 110 cm³/mol. The van der Waals surface area contributed by atoms with Crippen molar-refractivity contribution in [2.45, 2.75) is 41.5 Å². The molecule has 0 unspecified atom stereocenters. The smallest absolute Gasteiger partial charge is 0.0668 e. The van der Waals surface area contributed by atoms with E-state index in [1.165, 1.54) is 16.7 Å². The number of allylic oxidation sites excluding steroid dienone is 8. The first kappa shape index (κ1) is 19.6. The van der Waals surface area contributed by atoms with Gasteiger partial charge >= 0.3 is 0 Å². The fourth-order valence-electron chi connectivity index (χ4n) is 2.13. The maximum Gasteiger partial charge on any atom is 0.0668 e. The standard InChI is InChI=1S/C23H29N/c1-9-10-11-21(16(2)3)14-19(7)20(8)24-23-15-22(17(4)5)13-12-18(23)6/h9-15H,1,4H2,2-3,5-8H3/b11-10-,19-14+,24-20?. The Kier molecular flexibility index (Phi) is 7.38. The summed E-state index contributed by atoms with van der Waals surface area (Å²) in [7, 11) is 0. The summed E-state index contributed by atoms with van der Waals surface area (Å²) in [5.41, 5.74) is 8.98. The molecule has 0 radical (unpaired) electrons. The normalized spacial score (nSPS) is 12.4. The van der Waals surface area contributed by atoms with Crippen LogP contribution < -0.4 is 0 Å². The minimum absolute atomic E-state index is 1.00. The van der Waals surface area contributed by atoms with Gasteiger partial charge in [-0.2, -0.15) is 0 Å². The lowest BCUT2D eigenvalue weighted by Gasteiger charge is -2.08. The summed E-state index contributed by atoms with van der Waals surface area (Å²) in [6.45, 7) is 20.2. The van der Waals surface area contributed by atoms with E-state index in [4.69, 9.17) is 4.99 Å². The zero-order valence-electron chi connectivity index (χ0n) is 15.9. The Morgan fingerprint density at radius 1 is 1.08 bits per heavy atom. The van der Waals surface area contributed by atoms with E-state index in [9.17, 15) is 0 Å². The fraction of sp³-hybridized carbons (Fsp3) is 0.261. The average Bonchev–Trinajstić information content (AvgIpc) is 2.52. The molecule has 1 aromatic rings. The summed E-state index contributed by atoms with van der Waals surface area (Å²) in [5, 5.41) is 0. The van der Waals surface area contributed by atoms with Crippen LogP contribution in [0.25, 0.3) is 5.57 Å². The van der Waals surface area contributed by atoms with Crippen LogP contribution in [0, 0.1) is 6.92 Å². The molecule has 0 atom stereocenters. The van der Waals surface area contributed by atoms with Gasteiger partial charge in [0.1, 0.15) is 0 Å². The molecular weight excluding hydrogens is 290 g/mol. The third-order valence-electron chi connectivity index (χ3n) is 3.92. The van der Waals surface area contributed by atoms with Crippen LogP contribution in [0.3, 0.4) is 0 Å². The lowest BCUT2D eigenvalue weighted by molar-refractivity contribution is 1.32. The Morgan fingerprint density at radius 2 is 1.75 bits per heavy atom. The van der Waals surface area contributed by atoms with Crippen molar-refractivity contribution in [3.63, 3.8) is 0 Å². The largest absolute Gasteiger partial charge is 0.253 e. The van der Waals surface area contributed by atoms with E-state index in [-0.39, 0.29) is 0 Å². The third kappa shape index (κ3) is 5.66. The molecule has 0 bridgehead atoms. The van der Waals surface area contributed by atoms with Gasteiger partial charge in [0.2, 0.25) is 0 Å². The zero-order valence-corrected chi connectivity index (χ0v) is 15.9. The third-order valence-corrected chi connectivity index (χ3v) is 3.92. The van der Waals surface area contributed by atoms with Crippen molar-refractivity contribution in [1.82, 2.24) is 0 Å². The van der Waals surface area contributed by atoms with E-state index in [2.05, 4.69) is 78.1 Å². The van der Waals surface area contributed by atoms with Crippen LogP contribution in [0.1, 0.15) is 45.7 Å². The Morgan fingerprint density at radius 3 is 2.29 bits per heavy atom. The number of aryl methyl sites for hydroxylation is 1. The van der Waals surface area contributed by atoms with E-state index >= 15 is 0 Å². The van der Waals surface area contributed by atoms with Crippen LogP contribution >= 0.6 is 0 Å². The first-order valence-electron chi connectivity index (χ1n) is 8.23. The number of rotatable bonds is 6. The number of hydrogen-bond donors (Lipinski definition) is 0. The number of hydrogen-bond acceptors (Lipinski definition) is 1. The van der Waals surface area contributed by atoms with Crippen LogP contribution in [0.2, 0.25) is 0 Å². The molecule has 1 aromatic carbocycles. The highest BCUT2D eigenvalue weighted by Crippen LogP contribution is 2.25. The van der Waals surface area contributed by atoms with Gasteiger partial charge < -0.3 is 0 Å². The summed E-state index contributed by atoms with van der Waals surface area (Å²) < 4.78 is 0. The Labute approximate surface area is 147 Å². The molecule has 0 saturated heterocycles. The van der Waals surface area contributed by atoms with E-state index in [1.54, 1.807) is 6.08 Å². The fourth-order valence-corrected chi connectivity index (χ4v) is 2.13. The average molecular weight is 319 g/mol. The molecule has 0 spiro atoms. The molecule has 0 aliphatic carbocycles. The summed E-state index contributed by atoms with van der Waals surface area (Å²) in [4.78, 5) is 4.83. The maximum atomic E-state index is 4.83. The molecular formula is C23H29N. The summed E-state index contributed by atoms with van der Waals surface area (Å²) in [6, 6.07) is 6.30. The molecule has 126 valence electrons. The Balaban J connectivity index is 3.25. The van der Waals surface area contributed by atoms with Crippen molar-refractivity contribution in [3.05, 3.63) is 83.5 Å². The molecule has 0 amide bonds. The molecule has 0 heterocycles. The molecule has 24 heavy (non-hydrogen) atoms. The van der Waals surface area contributed by atoms with Crippen molar-refractivity contribution < 1.29 is 0 Å². The zero-order chi connectivity index (χ0) is 18.3. The molecule has 1 heteroatoms. The Hall–Kier alpha value is -2.41. The van der Waals surface area contributed by atoms with Gasteiger partial charge in [-0.25, -0.2) is 0 Å². The summed E-state index contributed by atoms with van der Waals surface area (Å²) in [5.74, 6) is 0. The van der Waals surface area contributed by atoms with Gasteiger partial charge in [0.05, 0.1) is 5.69 Å². The van der Waals surface area contributed by atoms with Gasteiger partial charge in [0.25, 0.3) is 0 Å². The maximum absolute atomic E-state index is 4.83. The highest BCUT2D eigenvalue weighted by molar-refractivity contribution is 6.00. The first-order valence-corrected chi connectivity index (χ1v) is 8.23. The number of nitrogens with zero attached hydrogens (tertiary/aromatic N) is 1. The molecule has 0 saturated carbocycles. The lowest BCUT2D eigenvalue weighted by atomic mass is 10.0. The molecule has 0 aromatic heterocycles. The van der Waals surface area contributed by atoms with E-state index in [0.29, 0.717) is 0 Å². The Bertz CT molecular complexity index is 748. The second-order valence-corrected chi connectivity index (χ2v) is 6.36. The van der Waals surface area contributed by atoms with Gasteiger partial charge in [0, 0.05) is 5.71 Å².